The molecule has 0 saturated carbocycles. The molecule has 110 valence electrons. The molecule has 0 saturated heterocycles. The number of allylic oxidation sites excluding steroid dienone is 1. The number of nitrogens with zero attached hydrogens (tertiary/aromatic N) is 2. The zero-order valence-corrected chi connectivity index (χ0v) is 13.4. The highest BCUT2D eigenvalue weighted by Gasteiger charge is 2.05. The van der Waals surface area contributed by atoms with Crippen molar-refractivity contribution in [2.45, 2.75) is 6.54 Å². The van der Waals surface area contributed by atoms with Gasteiger partial charge in [0.1, 0.15) is 0 Å². The molecule has 0 spiro atoms. The normalized spacial score (nSPS) is 12.3. The Balaban J connectivity index is 1.99. The lowest BCUT2D eigenvalue weighted by atomic mass is 10.3. The van der Waals surface area contributed by atoms with Crippen LogP contribution in [0.5, 0.6) is 0 Å². The van der Waals surface area contributed by atoms with Gasteiger partial charge in [-0.1, -0.05) is 35.6 Å². The van der Waals surface area contributed by atoms with Gasteiger partial charge in [-0.3, -0.25) is 4.79 Å². The smallest absolute Gasteiger partial charge is 0.272 e. The van der Waals surface area contributed by atoms with E-state index in [-0.39, 0.29) is 5.91 Å². The number of fused-ring (bicyclic) bond motifs is 1. The first kappa shape index (κ1) is 14.7. The van der Waals surface area contributed by atoms with Crippen molar-refractivity contribution in [3.63, 3.8) is 0 Å². The number of benzene rings is 1. The second kappa shape index (κ2) is 6.68. The van der Waals surface area contributed by atoms with E-state index in [9.17, 15) is 4.79 Å². The molecule has 22 heavy (non-hydrogen) atoms. The average molecular weight is 326 g/mol. The fraction of sp³-hybridized carbons (Fsp3) is 0.0588. The molecule has 2 heterocycles. The summed E-state index contributed by atoms with van der Waals surface area (Å²) in [6, 6.07) is 11.9. The number of hydrogen-bond acceptors (Lipinski definition) is 3. The fourth-order valence-corrected chi connectivity index (χ4v) is 3.75. The number of carbonyl (C=O) groups excluding carboxylic acids is 1. The molecule has 1 amide bonds. The Morgan fingerprint density at radius 3 is 2.91 bits per heavy atom. The molecule has 3 nitrogen and oxygen atoms in total. The Kier molecular flexibility index (Phi) is 4.46. The number of thiophene rings is 1. The molecule has 3 aromatic rings. The second-order valence-corrected chi connectivity index (χ2v) is 6.54. The zero-order valence-electron chi connectivity index (χ0n) is 11.8. The third kappa shape index (κ3) is 3.16. The second-order valence-electron chi connectivity index (χ2n) is 4.55. The number of aromatic nitrogens is 1. The third-order valence-corrected chi connectivity index (χ3v) is 4.94. The van der Waals surface area contributed by atoms with Gasteiger partial charge in [0, 0.05) is 17.5 Å². The van der Waals surface area contributed by atoms with Gasteiger partial charge in [0.05, 0.1) is 10.2 Å². The fourth-order valence-electron chi connectivity index (χ4n) is 2.08. The predicted octanol–water partition coefficient (Wildman–Crippen LogP) is 4.09. The molecule has 0 bridgehead atoms. The number of amides is 1. The number of thiazole rings is 1. The van der Waals surface area contributed by atoms with E-state index in [2.05, 4.69) is 11.6 Å². The lowest BCUT2D eigenvalue weighted by Gasteiger charge is -1.99. The minimum absolute atomic E-state index is 0.252. The van der Waals surface area contributed by atoms with Crippen LogP contribution in [0.1, 0.15) is 4.88 Å². The van der Waals surface area contributed by atoms with Crippen LogP contribution in [0.2, 0.25) is 0 Å². The minimum atomic E-state index is -0.252. The monoisotopic (exact) mass is 326 g/mol. The van der Waals surface area contributed by atoms with Crippen molar-refractivity contribution in [3.8, 4) is 0 Å². The van der Waals surface area contributed by atoms with Gasteiger partial charge in [0.25, 0.3) is 5.91 Å². The molecule has 0 aliphatic carbocycles. The topological polar surface area (TPSA) is 34.4 Å². The van der Waals surface area contributed by atoms with Crippen LogP contribution in [0.25, 0.3) is 16.3 Å². The molecule has 2 aromatic heterocycles. The van der Waals surface area contributed by atoms with Crippen molar-refractivity contribution in [2.75, 3.05) is 0 Å². The molecule has 0 radical (unpaired) electrons. The van der Waals surface area contributed by atoms with E-state index in [0.717, 1.165) is 15.1 Å². The number of hydrogen-bond donors (Lipinski definition) is 0. The van der Waals surface area contributed by atoms with E-state index >= 15 is 0 Å². The van der Waals surface area contributed by atoms with Gasteiger partial charge in [-0.2, -0.15) is 4.99 Å². The Hall–Kier alpha value is -2.24. The SMILES string of the molecule is C=CCn1c(=NC(=O)/C=C/c2cccs2)sc2ccccc21. The highest BCUT2D eigenvalue weighted by molar-refractivity contribution is 7.16. The van der Waals surface area contributed by atoms with Crippen LogP contribution in [0, 0.1) is 0 Å². The van der Waals surface area contributed by atoms with Gasteiger partial charge in [0.15, 0.2) is 4.80 Å². The van der Waals surface area contributed by atoms with Gasteiger partial charge in [-0.25, -0.2) is 0 Å². The molecular formula is C17H14N2OS2. The van der Waals surface area contributed by atoms with Crippen molar-refractivity contribution in [1.82, 2.24) is 4.57 Å². The molecule has 0 aliphatic rings. The van der Waals surface area contributed by atoms with E-state index in [0.29, 0.717) is 11.3 Å². The summed E-state index contributed by atoms with van der Waals surface area (Å²) in [5, 5.41) is 1.98. The molecule has 0 fully saturated rings. The average Bonchev–Trinajstić information content (AvgIpc) is 3.14. The lowest BCUT2D eigenvalue weighted by molar-refractivity contribution is -0.113. The summed E-state index contributed by atoms with van der Waals surface area (Å²) < 4.78 is 3.11. The first-order valence-corrected chi connectivity index (χ1v) is 8.47. The van der Waals surface area contributed by atoms with E-state index in [1.165, 1.54) is 17.4 Å². The molecular weight excluding hydrogens is 312 g/mol. The number of rotatable bonds is 4. The largest absolute Gasteiger partial charge is 0.312 e. The molecule has 5 heteroatoms. The van der Waals surface area contributed by atoms with Crippen molar-refractivity contribution < 1.29 is 4.79 Å². The molecule has 0 atom stereocenters. The maximum absolute atomic E-state index is 12.1. The van der Waals surface area contributed by atoms with Gasteiger partial charge < -0.3 is 4.57 Å². The van der Waals surface area contributed by atoms with Gasteiger partial charge in [-0.15, -0.1) is 17.9 Å². The molecule has 1 aromatic carbocycles. The van der Waals surface area contributed by atoms with Crippen LogP contribution < -0.4 is 4.80 Å². The van der Waals surface area contributed by atoms with Crippen LogP contribution >= 0.6 is 22.7 Å². The first-order valence-electron chi connectivity index (χ1n) is 6.77. The van der Waals surface area contributed by atoms with Crippen LogP contribution in [-0.4, -0.2) is 10.5 Å². The quantitative estimate of drug-likeness (QED) is 0.525. The Labute approximate surface area is 136 Å². The highest BCUT2D eigenvalue weighted by atomic mass is 32.1. The van der Waals surface area contributed by atoms with Crippen molar-refractivity contribution in [3.05, 3.63) is 70.2 Å². The van der Waals surface area contributed by atoms with E-state index < -0.39 is 0 Å². The zero-order chi connectivity index (χ0) is 15.4. The number of para-hydroxylation sites is 1. The van der Waals surface area contributed by atoms with E-state index in [1.54, 1.807) is 17.4 Å². The van der Waals surface area contributed by atoms with Crippen LogP contribution in [0.3, 0.4) is 0 Å². The Morgan fingerprint density at radius 1 is 1.27 bits per heavy atom. The number of carbonyl (C=O) groups is 1. The van der Waals surface area contributed by atoms with Crippen LogP contribution in [-0.2, 0) is 11.3 Å². The predicted molar refractivity (Wildman–Crippen MR) is 93.9 cm³/mol. The summed E-state index contributed by atoms with van der Waals surface area (Å²) in [5.41, 5.74) is 1.07. The summed E-state index contributed by atoms with van der Waals surface area (Å²) >= 11 is 3.10. The van der Waals surface area contributed by atoms with Crippen molar-refractivity contribution >= 4 is 44.9 Å². The van der Waals surface area contributed by atoms with E-state index in [1.807, 2.05) is 52.4 Å². The Morgan fingerprint density at radius 2 is 2.14 bits per heavy atom. The van der Waals surface area contributed by atoms with Gasteiger partial charge in [0.2, 0.25) is 0 Å². The Bertz CT molecular complexity index is 898. The van der Waals surface area contributed by atoms with Crippen molar-refractivity contribution in [1.29, 1.82) is 0 Å². The maximum Gasteiger partial charge on any atom is 0.272 e. The third-order valence-electron chi connectivity index (χ3n) is 3.04. The van der Waals surface area contributed by atoms with Gasteiger partial charge in [-0.05, 0) is 29.7 Å². The summed E-state index contributed by atoms with van der Waals surface area (Å²) in [4.78, 5) is 18.0. The first-order chi connectivity index (χ1) is 10.8. The lowest BCUT2D eigenvalue weighted by Crippen LogP contribution is -2.15. The minimum Gasteiger partial charge on any atom is -0.312 e. The van der Waals surface area contributed by atoms with Crippen LogP contribution in [0.4, 0.5) is 0 Å². The molecule has 3 rings (SSSR count). The van der Waals surface area contributed by atoms with E-state index in [4.69, 9.17) is 0 Å². The van der Waals surface area contributed by atoms with Crippen molar-refractivity contribution in [2.24, 2.45) is 4.99 Å². The molecule has 0 N–H and O–H groups in total. The maximum atomic E-state index is 12.1. The highest BCUT2D eigenvalue weighted by Crippen LogP contribution is 2.16. The van der Waals surface area contributed by atoms with Gasteiger partial charge >= 0.3 is 0 Å². The summed E-state index contributed by atoms with van der Waals surface area (Å²) in [6.45, 7) is 4.41. The van der Waals surface area contributed by atoms with Crippen LogP contribution in [0.15, 0.2) is 65.5 Å². The molecule has 0 aliphatic heterocycles. The molecule has 0 unspecified atom stereocenters. The standard InChI is InChI=1S/C17H14N2OS2/c1-2-11-19-14-7-3-4-8-15(14)22-17(19)18-16(20)10-9-13-6-5-12-21-13/h2-10,12H,1,11H2/b10-9+,18-17?. The summed E-state index contributed by atoms with van der Waals surface area (Å²) in [6.07, 6.45) is 5.11. The summed E-state index contributed by atoms with van der Waals surface area (Å²) in [7, 11) is 0. The summed E-state index contributed by atoms with van der Waals surface area (Å²) in [5.74, 6) is -0.252.